The first-order chi connectivity index (χ1) is 12.0. The quantitative estimate of drug-likeness (QED) is 0.866. The van der Waals surface area contributed by atoms with Crippen molar-refractivity contribution in [3.05, 3.63) is 28.2 Å². The summed E-state index contributed by atoms with van der Waals surface area (Å²) in [6, 6.07) is 4.68. The molecule has 1 N–H and O–H groups in total. The summed E-state index contributed by atoms with van der Waals surface area (Å²) in [4.78, 5) is 29.0. The van der Waals surface area contributed by atoms with Gasteiger partial charge in [-0.25, -0.2) is 0 Å². The van der Waals surface area contributed by atoms with Gasteiger partial charge in [0, 0.05) is 28.8 Å². The molecule has 2 saturated heterocycles. The number of rotatable bonds is 4. The van der Waals surface area contributed by atoms with E-state index in [4.69, 9.17) is 23.2 Å². The predicted molar refractivity (Wildman–Crippen MR) is 100 cm³/mol. The fraction of sp³-hybridized carbons (Fsp3) is 0.556. The average Bonchev–Trinajstić information content (AvgIpc) is 3.03. The van der Waals surface area contributed by atoms with E-state index in [0.29, 0.717) is 22.3 Å². The van der Waals surface area contributed by atoms with Gasteiger partial charge < -0.3 is 10.2 Å². The Morgan fingerprint density at radius 2 is 1.68 bits per heavy atom. The van der Waals surface area contributed by atoms with Crippen LogP contribution < -0.4 is 5.32 Å². The number of carbonyl (C=O) groups excluding carboxylic acids is 2. The van der Waals surface area contributed by atoms with E-state index < -0.39 is 0 Å². The summed E-state index contributed by atoms with van der Waals surface area (Å²) in [6.07, 6.45) is 5.02. The van der Waals surface area contributed by atoms with E-state index in [9.17, 15) is 9.59 Å². The van der Waals surface area contributed by atoms with Crippen molar-refractivity contribution in [3.8, 4) is 0 Å². The number of piperidine rings is 1. The Labute approximate surface area is 158 Å². The lowest BCUT2D eigenvalue weighted by atomic mass is 10.1. The van der Waals surface area contributed by atoms with Gasteiger partial charge in [-0.15, -0.1) is 0 Å². The first-order valence-electron chi connectivity index (χ1n) is 8.82. The van der Waals surface area contributed by atoms with Crippen LogP contribution in [0.4, 0.5) is 5.69 Å². The van der Waals surface area contributed by atoms with Crippen molar-refractivity contribution in [1.82, 2.24) is 9.80 Å². The van der Waals surface area contributed by atoms with Crippen molar-refractivity contribution in [3.63, 3.8) is 0 Å². The summed E-state index contributed by atoms with van der Waals surface area (Å²) < 4.78 is 0. The second-order valence-corrected chi connectivity index (χ2v) is 7.59. The molecule has 136 valence electrons. The molecule has 1 aromatic rings. The van der Waals surface area contributed by atoms with E-state index in [0.717, 1.165) is 45.3 Å². The molecular formula is C18H23Cl2N3O2. The number of halogens is 2. The van der Waals surface area contributed by atoms with Crippen molar-refractivity contribution in [2.75, 3.05) is 31.5 Å². The van der Waals surface area contributed by atoms with Crippen molar-refractivity contribution in [2.45, 2.75) is 38.1 Å². The molecule has 0 radical (unpaired) electrons. The number of carbonyl (C=O) groups is 2. The number of anilines is 1. The van der Waals surface area contributed by atoms with Crippen LogP contribution in [0.5, 0.6) is 0 Å². The Morgan fingerprint density at radius 3 is 2.36 bits per heavy atom. The Balaban J connectivity index is 1.60. The number of amides is 2. The first-order valence-corrected chi connectivity index (χ1v) is 9.57. The van der Waals surface area contributed by atoms with E-state index in [-0.39, 0.29) is 17.9 Å². The molecule has 1 aromatic carbocycles. The zero-order valence-corrected chi connectivity index (χ0v) is 15.7. The predicted octanol–water partition coefficient (Wildman–Crippen LogP) is 3.41. The smallest absolute Gasteiger partial charge is 0.241 e. The van der Waals surface area contributed by atoms with Crippen molar-refractivity contribution in [2.24, 2.45) is 0 Å². The molecule has 0 aliphatic carbocycles. The molecule has 25 heavy (non-hydrogen) atoms. The van der Waals surface area contributed by atoms with Gasteiger partial charge in [0.2, 0.25) is 11.8 Å². The number of nitrogens with zero attached hydrogens (tertiary/aromatic N) is 2. The number of hydrogen-bond acceptors (Lipinski definition) is 3. The molecule has 0 unspecified atom stereocenters. The SMILES string of the molecule is O=C(Nc1cc(Cl)cc(Cl)c1)[C@@H]1CCCN1CC(=O)N1CCCCC1. The highest BCUT2D eigenvalue weighted by molar-refractivity contribution is 6.35. The Hall–Kier alpha value is -1.30. The average molecular weight is 384 g/mol. The highest BCUT2D eigenvalue weighted by Gasteiger charge is 2.33. The van der Waals surface area contributed by atoms with Gasteiger partial charge in [0.05, 0.1) is 12.6 Å². The highest BCUT2D eigenvalue weighted by atomic mass is 35.5. The van der Waals surface area contributed by atoms with Gasteiger partial charge in [-0.3, -0.25) is 14.5 Å². The molecule has 2 heterocycles. The normalized spacial score (nSPS) is 21.4. The summed E-state index contributed by atoms with van der Waals surface area (Å²) in [5.41, 5.74) is 0.580. The van der Waals surface area contributed by atoms with E-state index in [1.807, 2.05) is 9.80 Å². The number of hydrogen-bond donors (Lipinski definition) is 1. The van der Waals surface area contributed by atoms with Crippen LogP contribution >= 0.6 is 23.2 Å². The molecule has 0 saturated carbocycles. The van der Waals surface area contributed by atoms with Crippen LogP contribution in [0.2, 0.25) is 10.0 Å². The minimum absolute atomic E-state index is 0.109. The molecule has 2 aliphatic rings. The van der Waals surface area contributed by atoms with Gasteiger partial charge in [0.15, 0.2) is 0 Å². The van der Waals surface area contributed by atoms with Gasteiger partial charge in [0.1, 0.15) is 0 Å². The van der Waals surface area contributed by atoms with Gasteiger partial charge in [-0.2, -0.15) is 0 Å². The molecule has 0 spiro atoms. The lowest BCUT2D eigenvalue weighted by molar-refractivity contribution is -0.134. The molecule has 2 fully saturated rings. The minimum Gasteiger partial charge on any atom is -0.342 e. The summed E-state index contributed by atoms with van der Waals surface area (Å²) in [6.45, 7) is 2.76. The number of likely N-dealkylation sites (tertiary alicyclic amines) is 2. The number of benzene rings is 1. The molecule has 0 bridgehead atoms. The molecule has 2 aliphatic heterocycles. The Bertz CT molecular complexity index is 627. The zero-order chi connectivity index (χ0) is 17.8. The summed E-state index contributed by atoms with van der Waals surface area (Å²) >= 11 is 12.0. The second kappa shape index (κ2) is 8.39. The maximum Gasteiger partial charge on any atom is 0.241 e. The maximum absolute atomic E-state index is 12.6. The van der Waals surface area contributed by atoms with Gasteiger partial charge in [-0.05, 0) is 56.8 Å². The fourth-order valence-electron chi connectivity index (χ4n) is 3.58. The second-order valence-electron chi connectivity index (χ2n) is 6.72. The van der Waals surface area contributed by atoms with Crippen LogP contribution in [0.15, 0.2) is 18.2 Å². The van der Waals surface area contributed by atoms with Gasteiger partial charge >= 0.3 is 0 Å². The Kier molecular flexibility index (Phi) is 6.20. The third-order valence-corrected chi connectivity index (χ3v) is 5.28. The fourth-order valence-corrected chi connectivity index (χ4v) is 4.11. The van der Waals surface area contributed by atoms with Crippen molar-refractivity contribution >= 4 is 40.7 Å². The molecule has 2 amide bonds. The molecule has 7 heteroatoms. The van der Waals surface area contributed by atoms with Crippen LogP contribution in [0, 0.1) is 0 Å². The van der Waals surface area contributed by atoms with Crippen LogP contribution in [0.1, 0.15) is 32.1 Å². The lowest BCUT2D eigenvalue weighted by Crippen LogP contribution is -2.47. The highest BCUT2D eigenvalue weighted by Crippen LogP contribution is 2.24. The standard InChI is InChI=1S/C18H23Cl2N3O2/c19-13-9-14(20)11-15(10-13)21-18(25)16-5-4-8-23(16)12-17(24)22-6-2-1-3-7-22/h9-11,16H,1-8,12H2,(H,21,25)/t16-/m0/s1. The van der Waals surface area contributed by atoms with Crippen LogP contribution in [0.25, 0.3) is 0 Å². The third kappa shape index (κ3) is 4.87. The Morgan fingerprint density at radius 1 is 1.00 bits per heavy atom. The molecule has 3 rings (SSSR count). The van der Waals surface area contributed by atoms with E-state index >= 15 is 0 Å². The van der Waals surface area contributed by atoms with E-state index in [1.54, 1.807) is 18.2 Å². The zero-order valence-electron chi connectivity index (χ0n) is 14.1. The molecule has 5 nitrogen and oxygen atoms in total. The molecule has 0 aromatic heterocycles. The summed E-state index contributed by atoms with van der Waals surface area (Å²) in [5.74, 6) is 0.0208. The van der Waals surface area contributed by atoms with E-state index in [2.05, 4.69) is 5.32 Å². The van der Waals surface area contributed by atoms with Crippen LogP contribution in [-0.2, 0) is 9.59 Å². The van der Waals surface area contributed by atoms with E-state index in [1.165, 1.54) is 6.42 Å². The maximum atomic E-state index is 12.6. The van der Waals surface area contributed by atoms with Gasteiger partial charge in [-0.1, -0.05) is 23.2 Å². The topological polar surface area (TPSA) is 52.7 Å². The minimum atomic E-state index is -0.286. The summed E-state index contributed by atoms with van der Waals surface area (Å²) in [7, 11) is 0. The number of nitrogens with one attached hydrogen (secondary N) is 1. The van der Waals surface area contributed by atoms with Crippen molar-refractivity contribution in [1.29, 1.82) is 0 Å². The van der Waals surface area contributed by atoms with Crippen LogP contribution in [0.3, 0.4) is 0 Å². The third-order valence-electron chi connectivity index (χ3n) is 4.84. The van der Waals surface area contributed by atoms with Gasteiger partial charge in [0.25, 0.3) is 0 Å². The van der Waals surface area contributed by atoms with Crippen molar-refractivity contribution < 1.29 is 9.59 Å². The molecular weight excluding hydrogens is 361 g/mol. The van der Waals surface area contributed by atoms with Crippen LogP contribution in [-0.4, -0.2) is 53.8 Å². The lowest BCUT2D eigenvalue weighted by Gasteiger charge is -2.30. The first kappa shape index (κ1) is 18.5. The largest absolute Gasteiger partial charge is 0.342 e. The summed E-state index contributed by atoms with van der Waals surface area (Å²) in [5, 5.41) is 3.83. The molecule has 1 atom stereocenters. The monoisotopic (exact) mass is 383 g/mol.